The highest BCUT2D eigenvalue weighted by Crippen LogP contribution is 2.10. The predicted molar refractivity (Wildman–Crippen MR) is 64.7 cm³/mol. The van der Waals surface area contributed by atoms with E-state index in [9.17, 15) is 9.90 Å². The fourth-order valence-corrected chi connectivity index (χ4v) is 1.60. The van der Waals surface area contributed by atoms with Crippen molar-refractivity contribution in [1.29, 1.82) is 0 Å². The number of phenolic OH excluding ortho intramolecular Hbond substituents is 1. The Morgan fingerprint density at radius 1 is 1.35 bits per heavy atom. The number of rotatable bonds is 3. The highest BCUT2D eigenvalue weighted by atomic mass is 16.3. The van der Waals surface area contributed by atoms with Crippen LogP contribution < -0.4 is 5.32 Å². The largest absolute Gasteiger partial charge is 0.508 e. The van der Waals surface area contributed by atoms with Crippen LogP contribution in [0, 0.1) is 0 Å². The van der Waals surface area contributed by atoms with E-state index < -0.39 is 0 Å². The van der Waals surface area contributed by atoms with Crippen molar-refractivity contribution in [3.63, 3.8) is 0 Å². The minimum atomic E-state index is -0.192. The van der Waals surface area contributed by atoms with Gasteiger partial charge in [0.05, 0.1) is 6.54 Å². The van der Waals surface area contributed by atoms with E-state index in [2.05, 4.69) is 5.32 Å². The summed E-state index contributed by atoms with van der Waals surface area (Å²) in [5.41, 5.74) is 1.48. The van der Waals surface area contributed by atoms with Gasteiger partial charge in [0, 0.05) is 24.5 Å². The van der Waals surface area contributed by atoms with Crippen molar-refractivity contribution in [3.8, 4) is 5.75 Å². The number of carbonyl (C=O) groups excluding carboxylic acids is 1. The lowest BCUT2D eigenvalue weighted by Crippen LogP contribution is -2.23. The SMILES string of the molecule is Cn1cccc1CNC(=O)c1cccc(O)c1. The molecule has 2 N–H and O–H groups in total. The monoisotopic (exact) mass is 230 g/mol. The molecule has 1 aromatic carbocycles. The number of aryl methyl sites for hydroxylation is 1. The van der Waals surface area contributed by atoms with E-state index in [1.54, 1.807) is 12.1 Å². The van der Waals surface area contributed by atoms with E-state index in [1.807, 2.05) is 29.9 Å². The van der Waals surface area contributed by atoms with Gasteiger partial charge in [0.25, 0.3) is 5.91 Å². The van der Waals surface area contributed by atoms with Crippen LogP contribution in [0.1, 0.15) is 16.1 Å². The molecule has 2 rings (SSSR count). The molecular weight excluding hydrogens is 216 g/mol. The highest BCUT2D eigenvalue weighted by Gasteiger charge is 2.06. The van der Waals surface area contributed by atoms with E-state index >= 15 is 0 Å². The molecule has 1 aromatic heterocycles. The molecule has 0 radical (unpaired) electrons. The molecule has 0 fully saturated rings. The third-order valence-electron chi connectivity index (χ3n) is 2.59. The number of nitrogens with zero attached hydrogens (tertiary/aromatic N) is 1. The van der Waals surface area contributed by atoms with Crippen molar-refractivity contribution in [2.75, 3.05) is 0 Å². The average Bonchev–Trinajstić information content (AvgIpc) is 2.72. The lowest BCUT2D eigenvalue weighted by molar-refractivity contribution is 0.0950. The first-order valence-electron chi connectivity index (χ1n) is 5.34. The maximum Gasteiger partial charge on any atom is 0.251 e. The molecular formula is C13H14N2O2. The number of carbonyl (C=O) groups is 1. The summed E-state index contributed by atoms with van der Waals surface area (Å²) in [6.07, 6.45) is 1.93. The minimum Gasteiger partial charge on any atom is -0.508 e. The molecule has 0 atom stereocenters. The summed E-state index contributed by atoms with van der Waals surface area (Å²) in [4.78, 5) is 11.8. The normalized spacial score (nSPS) is 10.2. The number of aromatic hydroxyl groups is 1. The van der Waals surface area contributed by atoms with Gasteiger partial charge in [-0.15, -0.1) is 0 Å². The molecule has 2 aromatic rings. The van der Waals surface area contributed by atoms with E-state index in [1.165, 1.54) is 12.1 Å². The second kappa shape index (κ2) is 4.74. The van der Waals surface area contributed by atoms with Crippen molar-refractivity contribution >= 4 is 5.91 Å². The van der Waals surface area contributed by atoms with Gasteiger partial charge in [0.2, 0.25) is 0 Å². The zero-order valence-electron chi connectivity index (χ0n) is 9.55. The average molecular weight is 230 g/mol. The molecule has 17 heavy (non-hydrogen) atoms. The van der Waals surface area contributed by atoms with Crippen LogP contribution in [0.15, 0.2) is 42.6 Å². The van der Waals surface area contributed by atoms with E-state index in [4.69, 9.17) is 0 Å². The van der Waals surface area contributed by atoms with Crippen LogP contribution >= 0.6 is 0 Å². The summed E-state index contributed by atoms with van der Waals surface area (Å²) in [6.45, 7) is 0.470. The van der Waals surface area contributed by atoms with Crippen molar-refractivity contribution in [2.45, 2.75) is 6.54 Å². The number of nitrogens with one attached hydrogen (secondary N) is 1. The van der Waals surface area contributed by atoms with Gasteiger partial charge >= 0.3 is 0 Å². The summed E-state index contributed by atoms with van der Waals surface area (Å²) >= 11 is 0. The summed E-state index contributed by atoms with van der Waals surface area (Å²) in [6, 6.07) is 10.2. The van der Waals surface area contributed by atoms with Gasteiger partial charge in [-0.3, -0.25) is 4.79 Å². The molecule has 1 amide bonds. The van der Waals surface area contributed by atoms with Crippen LogP contribution in [0.2, 0.25) is 0 Å². The first-order chi connectivity index (χ1) is 8.16. The van der Waals surface area contributed by atoms with Crippen molar-refractivity contribution in [1.82, 2.24) is 9.88 Å². The first-order valence-corrected chi connectivity index (χ1v) is 5.34. The first kappa shape index (κ1) is 11.3. The molecule has 0 aliphatic heterocycles. The predicted octanol–water partition coefficient (Wildman–Crippen LogP) is 1.66. The number of phenols is 1. The molecule has 0 saturated carbocycles. The fourth-order valence-electron chi connectivity index (χ4n) is 1.60. The Labute approximate surface area is 99.5 Å². The molecule has 0 spiro atoms. The zero-order valence-corrected chi connectivity index (χ0v) is 9.55. The second-order valence-electron chi connectivity index (χ2n) is 3.84. The Hall–Kier alpha value is -2.23. The molecule has 0 unspecified atom stereocenters. The van der Waals surface area contributed by atoms with Crippen molar-refractivity contribution in [2.24, 2.45) is 7.05 Å². The molecule has 0 saturated heterocycles. The van der Waals surface area contributed by atoms with Gasteiger partial charge in [0.15, 0.2) is 0 Å². The Morgan fingerprint density at radius 3 is 2.82 bits per heavy atom. The lowest BCUT2D eigenvalue weighted by Gasteiger charge is -2.06. The molecule has 4 nitrogen and oxygen atoms in total. The van der Waals surface area contributed by atoms with Crippen LogP contribution in [-0.4, -0.2) is 15.6 Å². The summed E-state index contributed by atoms with van der Waals surface area (Å²) in [5, 5.41) is 12.1. The summed E-state index contributed by atoms with van der Waals surface area (Å²) in [7, 11) is 1.93. The summed E-state index contributed by atoms with van der Waals surface area (Å²) < 4.78 is 1.95. The molecule has 1 heterocycles. The number of hydrogen-bond acceptors (Lipinski definition) is 2. The van der Waals surface area contributed by atoms with Gasteiger partial charge in [0.1, 0.15) is 5.75 Å². The van der Waals surface area contributed by atoms with Crippen LogP contribution in [-0.2, 0) is 13.6 Å². The van der Waals surface area contributed by atoms with Gasteiger partial charge < -0.3 is 15.0 Å². The van der Waals surface area contributed by atoms with E-state index in [0.717, 1.165) is 5.69 Å². The molecule has 88 valence electrons. The Morgan fingerprint density at radius 2 is 2.18 bits per heavy atom. The topological polar surface area (TPSA) is 54.3 Å². The van der Waals surface area contributed by atoms with E-state index in [-0.39, 0.29) is 11.7 Å². The molecule has 0 aliphatic rings. The van der Waals surface area contributed by atoms with Crippen LogP contribution in [0.5, 0.6) is 5.75 Å². The maximum absolute atomic E-state index is 11.8. The number of hydrogen-bond donors (Lipinski definition) is 2. The van der Waals surface area contributed by atoms with Gasteiger partial charge in [-0.2, -0.15) is 0 Å². The smallest absolute Gasteiger partial charge is 0.251 e. The Balaban J connectivity index is 2.01. The maximum atomic E-state index is 11.8. The van der Waals surface area contributed by atoms with Crippen molar-refractivity contribution < 1.29 is 9.90 Å². The minimum absolute atomic E-state index is 0.0940. The van der Waals surface area contributed by atoms with Gasteiger partial charge in [-0.25, -0.2) is 0 Å². The third kappa shape index (κ3) is 2.66. The molecule has 0 bridgehead atoms. The van der Waals surface area contributed by atoms with Crippen LogP contribution in [0.3, 0.4) is 0 Å². The van der Waals surface area contributed by atoms with Gasteiger partial charge in [-0.1, -0.05) is 6.07 Å². The highest BCUT2D eigenvalue weighted by molar-refractivity contribution is 5.94. The molecule has 0 aliphatic carbocycles. The Bertz CT molecular complexity index is 532. The third-order valence-corrected chi connectivity index (χ3v) is 2.59. The Kier molecular flexibility index (Phi) is 3.14. The number of benzene rings is 1. The van der Waals surface area contributed by atoms with E-state index in [0.29, 0.717) is 12.1 Å². The second-order valence-corrected chi connectivity index (χ2v) is 3.84. The molecule has 4 heteroatoms. The van der Waals surface area contributed by atoms with Crippen LogP contribution in [0.4, 0.5) is 0 Å². The zero-order chi connectivity index (χ0) is 12.3. The fraction of sp³-hybridized carbons (Fsp3) is 0.154. The van der Waals surface area contributed by atoms with Crippen molar-refractivity contribution in [3.05, 3.63) is 53.9 Å². The lowest BCUT2D eigenvalue weighted by atomic mass is 10.2. The van der Waals surface area contributed by atoms with Crippen LogP contribution in [0.25, 0.3) is 0 Å². The standard InChI is InChI=1S/C13H14N2O2/c1-15-7-3-5-11(15)9-14-13(17)10-4-2-6-12(16)8-10/h2-8,16H,9H2,1H3,(H,14,17). The van der Waals surface area contributed by atoms with Gasteiger partial charge in [-0.05, 0) is 30.3 Å². The number of aromatic nitrogens is 1. The summed E-state index contributed by atoms with van der Waals surface area (Å²) in [5.74, 6) is -0.0985. The quantitative estimate of drug-likeness (QED) is 0.842. The number of amides is 1.